The molecule has 0 aliphatic carbocycles. The van der Waals surface area contributed by atoms with Gasteiger partial charge in [0.25, 0.3) is 0 Å². The number of hydrogen-bond donors (Lipinski definition) is 1. The molecule has 2 aromatic rings. The Morgan fingerprint density at radius 1 is 1.27 bits per heavy atom. The highest BCUT2D eigenvalue weighted by molar-refractivity contribution is 8.15. The van der Waals surface area contributed by atoms with Crippen LogP contribution in [0.5, 0.6) is 5.75 Å². The van der Waals surface area contributed by atoms with Gasteiger partial charge < -0.3 is 15.0 Å². The number of methoxy groups -OCH3 is 1. The molecule has 10 heteroatoms. The van der Waals surface area contributed by atoms with E-state index in [1.165, 1.54) is 18.9 Å². The van der Waals surface area contributed by atoms with Gasteiger partial charge in [0.1, 0.15) is 24.3 Å². The average molecular weight is 465 g/mol. The van der Waals surface area contributed by atoms with Gasteiger partial charge in [0, 0.05) is 22.8 Å². The number of hydrogen-bond acceptors (Lipinski definition) is 6. The van der Waals surface area contributed by atoms with Crippen molar-refractivity contribution in [2.24, 2.45) is 4.99 Å². The minimum absolute atomic E-state index is 0.0453. The number of amides is 2. The topological polar surface area (TPSA) is 74.2 Å². The van der Waals surface area contributed by atoms with Crippen molar-refractivity contribution >= 4 is 63.3 Å². The molecular weight excluding hydrogens is 447 g/mol. The van der Waals surface area contributed by atoms with Crippen LogP contribution in [0.25, 0.3) is 0 Å². The van der Waals surface area contributed by atoms with Crippen molar-refractivity contribution in [3.8, 4) is 5.75 Å². The van der Waals surface area contributed by atoms with Gasteiger partial charge in [-0.15, -0.1) is 0 Å². The molecule has 1 fully saturated rings. The summed E-state index contributed by atoms with van der Waals surface area (Å²) in [5.41, 5.74) is 1.47. The van der Waals surface area contributed by atoms with Gasteiger partial charge in [0.15, 0.2) is 5.17 Å². The number of anilines is 2. The Kier molecular flexibility index (Phi) is 6.08. The summed E-state index contributed by atoms with van der Waals surface area (Å²) in [6.07, 6.45) is 0.0453. The lowest BCUT2D eigenvalue weighted by atomic mass is 10.2. The monoisotopic (exact) mass is 464 g/mol. The lowest BCUT2D eigenvalue weighted by molar-refractivity contribution is -0.128. The Bertz CT molecular complexity index is 1020. The number of thioether (sulfide) groups is 1. The first-order valence-corrected chi connectivity index (χ1v) is 10.7. The van der Waals surface area contributed by atoms with E-state index < -0.39 is 5.25 Å². The van der Waals surface area contributed by atoms with Gasteiger partial charge in [0.2, 0.25) is 11.8 Å². The number of halogens is 2. The smallest absolute Gasteiger partial charge is 0.244 e. The zero-order valence-corrected chi connectivity index (χ0v) is 18.3. The maximum atomic E-state index is 12.9. The molecule has 30 heavy (non-hydrogen) atoms. The fourth-order valence-electron chi connectivity index (χ4n) is 3.19. The number of nitrogens with one attached hydrogen (secondary N) is 1. The zero-order valence-electron chi connectivity index (χ0n) is 16.0. The Morgan fingerprint density at radius 3 is 2.73 bits per heavy atom. The predicted molar refractivity (Wildman–Crippen MR) is 121 cm³/mol. The third-order valence-corrected chi connectivity index (χ3v) is 6.47. The zero-order chi connectivity index (χ0) is 21.3. The second-order valence-corrected chi connectivity index (χ2v) is 8.73. The van der Waals surface area contributed by atoms with Gasteiger partial charge in [-0.2, -0.15) is 0 Å². The Labute approximate surface area is 188 Å². The second kappa shape index (κ2) is 8.75. The van der Waals surface area contributed by atoms with Crippen molar-refractivity contribution < 1.29 is 14.3 Å². The lowest BCUT2D eigenvalue weighted by Gasteiger charge is -2.32. The molecule has 0 unspecified atom stereocenters. The van der Waals surface area contributed by atoms with E-state index in [2.05, 4.69) is 10.3 Å². The molecule has 0 aromatic heterocycles. The second-order valence-electron chi connectivity index (χ2n) is 6.71. The van der Waals surface area contributed by atoms with E-state index in [-0.39, 0.29) is 18.2 Å². The molecular formula is C20H18Cl2N4O3S. The van der Waals surface area contributed by atoms with Crippen LogP contribution in [0.3, 0.4) is 0 Å². The Morgan fingerprint density at radius 2 is 2.03 bits per heavy atom. The number of benzene rings is 2. The highest BCUT2D eigenvalue weighted by Gasteiger charge is 2.41. The minimum atomic E-state index is -0.511. The quantitative estimate of drug-likeness (QED) is 0.721. The molecule has 2 aliphatic rings. The van der Waals surface area contributed by atoms with Crippen LogP contribution in [-0.2, 0) is 9.59 Å². The molecule has 0 spiro atoms. The van der Waals surface area contributed by atoms with Gasteiger partial charge in [0.05, 0.1) is 12.1 Å². The standard InChI is InChI=1S/C20H18Cl2N4O3S/c1-29-16-7-4-13(8-15(16)22)24-18(27)9-17-19(28)26-11-25(10-23-20(26)30-17)14-5-2-12(21)3-6-14/h2-8,17H,9-11H2,1H3,(H,24,27)/t17-/m0/s1. The summed E-state index contributed by atoms with van der Waals surface area (Å²) in [5.74, 6) is 0.133. The van der Waals surface area contributed by atoms with E-state index in [1.807, 2.05) is 17.0 Å². The lowest BCUT2D eigenvalue weighted by Crippen LogP contribution is -2.46. The number of rotatable bonds is 5. The summed E-state index contributed by atoms with van der Waals surface area (Å²) >= 11 is 13.4. The number of aliphatic imine (C=N–C) groups is 1. The highest BCUT2D eigenvalue weighted by Crippen LogP contribution is 2.33. The van der Waals surface area contributed by atoms with Crippen molar-refractivity contribution in [2.45, 2.75) is 11.7 Å². The van der Waals surface area contributed by atoms with Crippen LogP contribution >= 0.6 is 35.0 Å². The molecule has 156 valence electrons. The molecule has 0 bridgehead atoms. The highest BCUT2D eigenvalue weighted by atomic mass is 35.5. The first-order valence-electron chi connectivity index (χ1n) is 9.11. The van der Waals surface area contributed by atoms with Crippen LogP contribution in [0, 0.1) is 0 Å². The first kappa shape index (κ1) is 20.8. The molecule has 2 aromatic carbocycles. The van der Waals surface area contributed by atoms with Gasteiger partial charge in [-0.05, 0) is 42.5 Å². The number of carbonyl (C=O) groups excluding carboxylic acids is 2. The average Bonchev–Trinajstić information content (AvgIpc) is 3.03. The van der Waals surface area contributed by atoms with Crippen molar-refractivity contribution in [3.05, 3.63) is 52.5 Å². The number of ether oxygens (including phenoxy) is 1. The molecule has 0 radical (unpaired) electrons. The van der Waals surface area contributed by atoms with Crippen molar-refractivity contribution in [2.75, 3.05) is 30.7 Å². The fraction of sp³-hybridized carbons (Fsp3) is 0.250. The summed E-state index contributed by atoms with van der Waals surface area (Å²) < 4.78 is 5.11. The fourth-order valence-corrected chi connectivity index (χ4v) is 4.70. The summed E-state index contributed by atoms with van der Waals surface area (Å²) in [6.45, 7) is 0.829. The number of carbonyl (C=O) groups is 2. The van der Waals surface area contributed by atoms with E-state index in [1.54, 1.807) is 35.2 Å². The Balaban J connectivity index is 1.38. The van der Waals surface area contributed by atoms with Crippen molar-refractivity contribution in [1.82, 2.24) is 4.90 Å². The van der Waals surface area contributed by atoms with Gasteiger partial charge in [-0.3, -0.25) is 14.5 Å². The normalized spacial score (nSPS) is 18.2. The molecule has 7 nitrogen and oxygen atoms in total. The van der Waals surface area contributed by atoms with E-state index in [9.17, 15) is 9.59 Å². The third-order valence-electron chi connectivity index (χ3n) is 4.71. The predicted octanol–water partition coefficient (Wildman–Crippen LogP) is 4.07. The molecule has 1 saturated heterocycles. The molecule has 0 saturated carbocycles. The van der Waals surface area contributed by atoms with Crippen LogP contribution in [0.4, 0.5) is 11.4 Å². The van der Waals surface area contributed by atoms with Gasteiger partial charge >= 0.3 is 0 Å². The molecule has 2 heterocycles. The van der Waals surface area contributed by atoms with Crippen molar-refractivity contribution in [1.29, 1.82) is 0 Å². The summed E-state index contributed by atoms with van der Waals surface area (Å²) in [5, 5.41) is 3.96. The van der Waals surface area contributed by atoms with E-state index in [0.717, 1.165) is 5.69 Å². The molecule has 2 aliphatic heterocycles. The largest absolute Gasteiger partial charge is 0.495 e. The van der Waals surface area contributed by atoms with Crippen LogP contribution in [0.15, 0.2) is 47.5 Å². The van der Waals surface area contributed by atoms with Gasteiger partial charge in [-0.1, -0.05) is 35.0 Å². The van der Waals surface area contributed by atoms with Crippen molar-refractivity contribution in [3.63, 3.8) is 0 Å². The van der Waals surface area contributed by atoms with Gasteiger partial charge in [-0.25, -0.2) is 4.99 Å². The SMILES string of the molecule is COc1ccc(NC(=O)C[C@@H]2SC3=NCN(c4ccc(Cl)cc4)CN3C2=O)cc1Cl. The van der Waals surface area contributed by atoms with Crippen LogP contribution < -0.4 is 15.0 Å². The summed E-state index contributed by atoms with van der Waals surface area (Å²) in [7, 11) is 1.52. The minimum Gasteiger partial charge on any atom is -0.495 e. The molecule has 1 N–H and O–H groups in total. The first-order chi connectivity index (χ1) is 14.4. The maximum absolute atomic E-state index is 12.9. The van der Waals surface area contributed by atoms with E-state index in [4.69, 9.17) is 27.9 Å². The number of fused-ring (bicyclic) bond motifs is 1. The molecule has 4 rings (SSSR count). The molecule has 1 atom stereocenters. The van der Waals surface area contributed by atoms with Crippen LogP contribution in [0.2, 0.25) is 10.0 Å². The molecule has 2 amide bonds. The van der Waals surface area contributed by atoms with E-state index >= 15 is 0 Å². The maximum Gasteiger partial charge on any atom is 0.244 e. The third kappa shape index (κ3) is 4.35. The summed E-state index contributed by atoms with van der Waals surface area (Å²) in [6, 6.07) is 12.4. The van der Waals surface area contributed by atoms with E-state index in [0.29, 0.717) is 40.0 Å². The van der Waals surface area contributed by atoms with Crippen LogP contribution in [0.1, 0.15) is 6.42 Å². The number of amidine groups is 1. The summed E-state index contributed by atoms with van der Waals surface area (Å²) in [4.78, 5) is 33.4. The Hall–Kier alpha value is -2.42. The van der Waals surface area contributed by atoms with Crippen LogP contribution in [-0.4, -0.2) is 47.6 Å². The number of nitrogens with zero attached hydrogens (tertiary/aromatic N) is 3.